The van der Waals surface area contributed by atoms with E-state index in [1.54, 1.807) is 28.0 Å². The predicted molar refractivity (Wildman–Crippen MR) is 184 cm³/mol. The highest BCUT2D eigenvalue weighted by atomic mass is 35.5. The third kappa shape index (κ3) is 5.56. The molecule has 10 heteroatoms. The molecular weight excluding hydrogens is 618 g/mol. The summed E-state index contributed by atoms with van der Waals surface area (Å²) in [5.41, 5.74) is -0.264. The summed E-state index contributed by atoms with van der Waals surface area (Å²) in [6.45, 7) is 15.9. The first-order valence-corrected chi connectivity index (χ1v) is 16.9. The first kappa shape index (κ1) is 34.7. The minimum atomic E-state index is -1.28. The van der Waals surface area contributed by atoms with Crippen molar-refractivity contribution in [3.8, 4) is 5.75 Å². The maximum absolute atomic E-state index is 15.0. The van der Waals surface area contributed by atoms with Gasteiger partial charge in [-0.2, -0.15) is 0 Å². The van der Waals surface area contributed by atoms with E-state index in [2.05, 4.69) is 13.2 Å². The zero-order valence-corrected chi connectivity index (χ0v) is 28.5. The van der Waals surface area contributed by atoms with E-state index in [1.807, 2.05) is 64.1 Å². The van der Waals surface area contributed by atoms with Gasteiger partial charge in [-0.05, 0) is 75.4 Å². The molecule has 3 heterocycles. The molecule has 3 aliphatic rings. The number of aliphatic hydroxyl groups is 1. The van der Waals surface area contributed by atoms with E-state index in [0.717, 1.165) is 5.56 Å². The Morgan fingerprint density at radius 2 is 1.77 bits per heavy atom. The molecule has 0 aliphatic carbocycles. The lowest BCUT2D eigenvalue weighted by Crippen LogP contribution is -2.59. The summed E-state index contributed by atoms with van der Waals surface area (Å²) in [5, 5.41) is 10.9. The number of halogens is 1. The van der Waals surface area contributed by atoms with Crippen LogP contribution in [0.1, 0.15) is 52.0 Å². The Bertz CT molecular complexity index is 1510. The summed E-state index contributed by atoms with van der Waals surface area (Å²) in [7, 11) is 0. The summed E-state index contributed by atoms with van der Waals surface area (Å²) < 4.78 is 12.6. The molecule has 5 rings (SSSR count). The van der Waals surface area contributed by atoms with Crippen LogP contribution in [0.25, 0.3) is 0 Å². The fraction of sp³-hybridized carbons (Fsp3) is 0.486. The van der Waals surface area contributed by atoms with Crippen LogP contribution >= 0.6 is 11.6 Å². The van der Waals surface area contributed by atoms with Crippen LogP contribution in [0.2, 0.25) is 5.02 Å². The average Bonchev–Trinajstić information content (AvgIpc) is 3.67. The van der Waals surface area contributed by atoms with Gasteiger partial charge in [-0.1, -0.05) is 49.7 Å². The quantitative estimate of drug-likeness (QED) is 0.260. The minimum Gasteiger partial charge on any atom is -0.494 e. The lowest BCUT2D eigenvalue weighted by molar-refractivity contribution is -0.149. The van der Waals surface area contributed by atoms with Gasteiger partial charge >= 0.3 is 0 Å². The van der Waals surface area contributed by atoms with Crippen LogP contribution in [0.15, 0.2) is 67.8 Å². The molecule has 2 bridgehead atoms. The van der Waals surface area contributed by atoms with Crippen molar-refractivity contribution >= 4 is 40.7 Å². The number of amides is 3. The molecule has 3 amide bonds. The molecular formula is C37H46ClN3O6. The van der Waals surface area contributed by atoms with Crippen LogP contribution in [0.3, 0.4) is 0 Å². The highest BCUT2D eigenvalue weighted by Crippen LogP contribution is 2.65. The third-order valence-corrected chi connectivity index (χ3v) is 10.6. The van der Waals surface area contributed by atoms with Crippen molar-refractivity contribution in [3.05, 3.63) is 78.4 Å². The van der Waals surface area contributed by atoms with Crippen molar-refractivity contribution in [3.63, 3.8) is 0 Å². The monoisotopic (exact) mass is 663 g/mol. The SMILES string of the molecule is C=CCN(C(=O)[C@@H]1[C@H]2C(=O)N([C@@H](CC)CO)C(C(=O)N(CC=C)c3c(C)cccc3Cl)C23CC[C@@]1(CC)O3)c1ccc(OCC)cc1. The zero-order chi connectivity index (χ0) is 34.1. The number of aryl methyl sites for hydroxylation is 1. The molecule has 1 spiro atoms. The van der Waals surface area contributed by atoms with Gasteiger partial charge in [0.1, 0.15) is 17.4 Å². The van der Waals surface area contributed by atoms with E-state index in [4.69, 9.17) is 21.1 Å². The Kier molecular flexibility index (Phi) is 10.2. The van der Waals surface area contributed by atoms with Gasteiger partial charge in [-0.15, -0.1) is 13.2 Å². The topological polar surface area (TPSA) is 99.6 Å². The first-order valence-electron chi connectivity index (χ1n) is 16.5. The summed E-state index contributed by atoms with van der Waals surface area (Å²) in [6, 6.07) is 10.9. The molecule has 2 unspecified atom stereocenters. The van der Waals surface area contributed by atoms with Crippen LogP contribution in [-0.2, 0) is 19.1 Å². The second-order valence-corrected chi connectivity index (χ2v) is 13.0. The largest absolute Gasteiger partial charge is 0.494 e. The molecule has 6 atom stereocenters. The van der Waals surface area contributed by atoms with Crippen molar-refractivity contribution in [1.29, 1.82) is 0 Å². The van der Waals surface area contributed by atoms with Gasteiger partial charge in [-0.3, -0.25) is 14.4 Å². The van der Waals surface area contributed by atoms with Gasteiger partial charge in [0.05, 0.1) is 47.4 Å². The third-order valence-electron chi connectivity index (χ3n) is 10.3. The number of nitrogens with zero attached hydrogens (tertiary/aromatic N) is 3. The molecule has 2 aromatic carbocycles. The van der Waals surface area contributed by atoms with Gasteiger partial charge in [0, 0.05) is 18.8 Å². The van der Waals surface area contributed by atoms with Crippen molar-refractivity contribution in [1.82, 2.24) is 4.90 Å². The highest BCUT2D eigenvalue weighted by molar-refractivity contribution is 6.34. The number of hydrogen-bond acceptors (Lipinski definition) is 6. The van der Waals surface area contributed by atoms with Crippen molar-refractivity contribution < 1.29 is 29.0 Å². The van der Waals surface area contributed by atoms with Gasteiger partial charge in [-0.25, -0.2) is 0 Å². The van der Waals surface area contributed by atoms with E-state index in [1.165, 1.54) is 4.90 Å². The molecule has 47 heavy (non-hydrogen) atoms. The van der Waals surface area contributed by atoms with E-state index in [9.17, 15) is 14.7 Å². The maximum Gasteiger partial charge on any atom is 0.253 e. The summed E-state index contributed by atoms with van der Waals surface area (Å²) in [4.78, 5) is 49.4. The number of para-hydroxylation sites is 1. The molecule has 9 nitrogen and oxygen atoms in total. The number of fused-ring (bicyclic) bond motifs is 1. The molecule has 0 aromatic heterocycles. The van der Waals surface area contributed by atoms with E-state index < -0.39 is 35.1 Å². The maximum atomic E-state index is 15.0. The molecule has 3 aliphatic heterocycles. The minimum absolute atomic E-state index is 0.144. The zero-order valence-electron chi connectivity index (χ0n) is 27.8. The molecule has 0 saturated carbocycles. The van der Waals surface area contributed by atoms with Crippen LogP contribution in [0.4, 0.5) is 11.4 Å². The Morgan fingerprint density at radius 3 is 2.34 bits per heavy atom. The van der Waals surface area contributed by atoms with Crippen molar-refractivity contribution in [2.45, 2.75) is 76.7 Å². The molecule has 1 N–H and O–H groups in total. The lowest BCUT2D eigenvalue weighted by atomic mass is 9.64. The molecule has 0 radical (unpaired) electrons. The highest BCUT2D eigenvalue weighted by Gasteiger charge is 2.79. The number of ether oxygens (including phenoxy) is 2. The van der Waals surface area contributed by atoms with Crippen LogP contribution in [0.5, 0.6) is 5.75 Å². The van der Waals surface area contributed by atoms with Crippen LogP contribution in [0, 0.1) is 18.8 Å². The Balaban J connectivity index is 1.64. The number of benzene rings is 2. The second-order valence-electron chi connectivity index (χ2n) is 12.6. The van der Waals surface area contributed by atoms with Crippen LogP contribution in [-0.4, -0.2) is 77.3 Å². The summed E-state index contributed by atoms with van der Waals surface area (Å²) in [6.07, 6.45) is 5.10. The van der Waals surface area contributed by atoms with Crippen molar-refractivity contribution in [2.75, 3.05) is 36.1 Å². The van der Waals surface area contributed by atoms with E-state index in [0.29, 0.717) is 54.4 Å². The lowest BCUT2D eigenvalue weighted by Gasteiger charge is -2.39. The predicted octanol–water partition coefficient (Wildman–Crippen LogP) is 5.71. The smallest absolute Gasteiger partial charge is 0.253 e. The van der Waals surface area contributed by atoms with E-state index in [-0.39, 0.29) is 37.4 Å². The standard InChI is InChI=1S/C37H46ClN3O6/c1-7-21-39(26-15-17-27(18-16-26)46-11-5)33(43)29-30-34(44)41(25(9-3)23-42)32(37(30)20-19-36(29,10-4)47-37)35(45)40(22-8-2)31-24(6)13-12-14-28(31)38/h7-8,12-18,25,29-30,32,42H,1-2,9-11,19-23H2,3-6H3/t25-,29-,30-,32?,36+,37?/m0/s1. The number of carbonyl (C=O) groups is 3. The van der Waals surface area contributed by atoms with Gasteiger partial charge in [0.25, 0.3) is 5.91 Å². The van der Waals surface area contributed by atoms with Gasteiger partial charge < -0.3 is 29.3 Å². The van der Waals surface area contributed by atoms with Crippen molar-refractivity contribution in [2.24, 2.45) is 11.8 Å². The normalized spacial score (nSPS) is 26.6. The fourth-order valence-corrected chi connectivity index (χ4v) is 8.48. The molecule has 2 aromatic rings. The fourth-order valence-electron chi connectivity index (χ4n) is 8.16. The summed E-state index contributed by atoms with van der Waals surface area (Å²) in [5.74, 6) is -2.08. The molecule has 252 valence electrons. The Hall–Kier alpha value is -3.66. The number of aliphatic hydroxyl groups excluding tert-OH is 1. The second kappa shape index (κ2) is 13.8. The number of anilines is 2. The van der Waals surface area contributed by atoms with Crippen LogP contribution < -0.4 is 14.5 Å². The number of carbonyl (C=O) groups excluding carboxylic acids is 3. The van der Waals surface area contributed by atoms with Gasteiger partial charge in [0.2, 0.25) is 11.8 Å². The summed E-state index contributed by atoms with van der Waals surface area (Å²) >= 11 is 6.69. The Labute approximate surface area is 282 Å². The average molecular weight is 664 g/mol. The molecule has 3 saturated heterocycles. The first-order chi connectivity index (χ1) is 22.6. The number of likely N-dealkylation sites (tertiary alicyclic amines) is 1. The number of rotatable bonds is 14. The number of hydrogen-bond donors (Lipinski definition) is 1. The molecule has 3 fully saturated rings. The Morgan fingerprint density at radius 1 is 1.09 bits per heavy atom. The van der Waals surface area contributed by atoms with E-state index >= 15 is 4.79 Å². The van der Waals surface area contributed by atoms with Gasteiger partial charge in [0.15, 0.2) is 0 Å².